The number of carbonyl (C=O) groups is 1. The molecule has 1 aliphatic carbocycles. The van der Waals surface area contributed by atoms with Gasteiger partial charge in [-0.1, -0.05) is 12.8 Å². The molecule has 110 valence electrons. The standard InChI is InChI=1S/C13H24N2O3S/c1-19(17,18)15(12-6-7-12)11-8-13(16)14-9-4-2-3-5-10-14/h12H,2-11H2,1H3. The second-order valence-electron chi connectivity index (χ2n) is 5.65. The molecule has 6 heteroatoms. The molecule has 0 atom stereocenters. The summed E-state index contributed by atoms with van der Waals surface area (Å²) < 4.78 is 24.8. The van der Waals surface area contributed by atoms with Gasteiger partial charge in [0, 0.05) is 32.1 Å². The largest absolute Gasteiger partial charge is 0.343 e. The first-order valence-corrected chi connectivity index (χ1v) is 9.08. The Hall–Kier alpha value is -0.620. The first kappa shape index (κ1) is 14.8. The van der Waals surface area contributed by atoms with E-state index < -0.39 is 10.0 Å². The van der Waals surface area contributed by atoms with E-state index in [1.807, 2.05) is 4.90 Å². The van der Waals surface area contributed by atoms with Crippen molar-refractivity contribution in [3.05, 3.63) is 0 Å². The molecule has 1 aliphatic heterocycles. The van der Waals surface area contributed by atoms with Gasteiger partial charge in [-0.15, -0.1) is 0 Å². The zero-order valence-electron chi connectivity index (χ0n) is 11.7. The third kappa shape index (κ3) is 4.45. The minimum absolute atomic E-state index is 0.108. The predicted octanol–water partition coefficient (Wildman–Crippen LogP) is 1.20. The number of sulfonamides is 1. The van der Waals surface area contributed by atoms with Crippen LogP contribution < -0.4 is 0 Å². The van der Waals surface area contributed by atoms with Gasteiger partial charge >= 0.3 is 0 Å². The summed E-state index contributed by atoms with van der Waals surface area (Å²) >= 11 is 0. The van der Waals surface area contributed by atoms with Crippen molar-refractivity contribution in [2.24, 2.45) is 0 Å². The molecule has 2 rings (SSSR count). The van der Waals surface area contributed by atoms with E-state index in [1.54, 1.807) is 0 Å². The van der Waals surface area contributed by atoms with Gasteiger partial charge in [0.05, 0.1) is 6.26 Å². The van der Waals surface area contributed by atoms with Crippen molar-refractivity contribution >= 4 is 15.9 Å². The molecule has 2 aliphatic rings. The zero-order valence-corrected chi connectivity index (χ0v) is 12.5. The smallest absolute Gasteiger partial charge is 0.223 e. The average Bonchev–Trinajstić information content (AvgIpc) is 3.14. The Labute approximate surface area is 116 Å². The number of amides is 1. The number of nitrogens with zero attached hydrogens (tertiary/aromatic N) is 2. The molecule has 0 radical (unpaired) electrons. The van der Waals surface area contributed by atoms with Crippen LogP contribution in [-0.2, 0) is 14.8 Å². The van der Waals surface area contributed by atoms with Gasteiger partial charge < -0.3 is 4.90 Å². The molecule has 0 aromatic heterocycles. The lowest BCUT2D eigenvalue weighted by atomic mass is 10.2. The molecule has 2 fully saturated rings. The maximum Gasteiger partial charge on any atom is 0.223 e. The van der Waals surface area contributed by atoms with Crippen molar-refractivity contribution in [2.45, 2.75) is 51.0 Å². The molecule has 1 saturated heterocycles. The highest BCUT2D eigenvalue weighted by Crippen LogP contribution is 2.29. The molecule has 0 bridgehead atoms. The minimum atomic E-state index is -3.17. The lowest BCUT2D eigenvalue weighted by molar-refractivity contribution is -0.131. The van der Waals surface area contributed by atoms with Gasteiger partial charge in [0.2, 0.25) is 15.9 Å². The fourth-order valence-electron chi connectivity index (χ4n) is 2.67. The molecular weight excluding hydrogens is 264 g/mol. The Morgan fingerprint density at radius 3 is 2.21 bits per heavy atom. The van der Waals surface area contributed by atoms with E-state index >= 15 is 0 Å². The zero-order chi connectivity index (χ0) is 13.9. The molecule has 0 aromatic carbocycles. The second kappa shape index (κ2) is 6.22. The summed E-state index contributed by atoms with van der Waals surface area (Å²) in [5, 5.41) is 0. The Bertz CT molecular complexity index is 410. The van der Waals surface area contributed by atoms with Gasteiger partial charge in [-0.2, -0.15) is 4.31 Å². The summed E-state index contributed by atoms with van der Waals surface area (Å²) in [6, 6.07) is 0.145. The number of carbonyl (C=O) groups excluding carboxylic acids is 1. The number of rotatable bonds is 5. The van der Waals surface area contributed by atoms with Crippen LogP contribution in [0.1, 0.15) is 44.9 Å². The lowest BCUT2D eigenvalue weighted by Crippen LogP contribution is -2.38. The summed E-state index contributed by atoms with van der Waals surface area (Å²) in [6.07, 6.45) is 7.97. The summed E-state index contributed by atoms with van der Waals surface area (Å²) in [5.74, 6) is 0.108. The summed E-state index contributed by atoms with van der Waals surface area (Å²) in [6.45, 7) is 2.01. The van der Waals surface area contributed by atoms with Crippen LogP contribution >= 0.6 is 0 Å². The van der Waals surface area contributed by atoms with Crippen LogP contribution in [0.3, 0.4) is 0 Å². The highest BCUT2D eigenvalue weighted by atomic mass is 32.2. The fraction of sp³-hybridized carbons (Fsp3) is 0.923. The lowest BCUT2D eigenvalue weighted by Gasteiger charge is -2.23. The molecule has 0 unspecified atom stereocenters. The third-order valence-electron chi connectivity index (χ3n) is 3.88. The molecular formula is C13H24N2O3S. The van der Waals surface area contributed by atoms with Crippen LogP contribution in [0, 0.1) is 0 Å². The van der Waals surface area contributed by atoms with Gasteiger partial charge in [0.1, 0.15) is 0 Å². The quantitative estimate of drug-likeness (QED) is 0.764. The van der Waals surface area contributed by atoms with E-state index in [9.17, 15) is 13.2 Å². The summed E-state index contributed by atoms with van der Waals surface area (Å²) in [4.78, 5) is 14.0. The van der Waals surface area contributed by atoms with Crippen LogP contribution in [-0.4, -0.2) is 55.5 Å². The Morgan fingerprint density at radius 1 is 1.16 bits per heavy atom. The van der Waals surface area contributed by atoms with E-state index in [-0.39, 0.29) is 11.9 Å². The third-order valence-corrected chi connectivity index (χ3v) is 5.22. The minimum Gasteiger partial charge on any atom is -0.343 e. The van der Waals surface area contributed by atoms with Crippen LogP contribution in [0.2, 0.25) is 0 Å². The number of hydrogen-bond acceptors (Lipinski definition) is 3. The van der Waals surface area contributed by atoms with Crippen LogP contribution in [0.4, 0.5) is 0 Å². The van der Waals surface area contributed by atoms with Crippen molar-refractivity contribution in [1.29, 1.82) is 0 Å². The molecule has 0 N–H and O–H groups in total. The summed E-state index contributed by atoms with van der Waals surface area (Å²) in [5.41, 5.74) is 0. The molecule has 0 aromatic rings. The van der Waals surface area contributed by atoms with E-state index in [2.05, 4.69) is 0 Å². The van der Waals surface area contributed by atoms with Crippen molar-refractivity contribution in [3.63, 3.8) is 0 Å². The van der Waals surface area contributed by atoms with E-state index in [1.165, 1.54) is 23.4 Å². The van der Waals surface area contributed by atoms with Crippen molar-refractivity contribution in [2.75, 3.05) is 25.9 Å². The predicted molar refractivity (Wildman–Crippen MR) is 74.2 cm³/mol. The van der Waals surface area contributed by atoms with E-state index in [4.69, 9.17) is 0 Å². The maximum absolute atomic E-state index is 12.1. The van der Waals surface area contributed by atoms with Gasteiger partial charge in [-0.25, -0.2) is 8.42 Å². The summed E-state index contributed by atoms with van der Waals surface area (Å²) in [7, 11) is -3.17. The molecule has 1 amide bonds. The monoisotopic (exact) mass is 288 g/mol. The van der Waals surface area contributed by atoms with E-state index in [0.29, 0.717) is 13.0 Å². The Kier molecular flexibility index (Phi) is 4.84. The Morgan fingerprint density at radius 2 is 1.74 bits per heavy atom. The SMILES string of the molecule is CS(=O)(=O)N(CCC(=O)N1CCCCCC1)C1CC1. The normalized spacial score (nSPS) is 21.5. The van der Waals surface area contributed by atoms with E-state index in [0.717, 1.165) is 38.8 Å². The first-order chi connectivity index (χ1) is 8.98. The fourth-order valence-corrected chi connectivity index (χ4v) is 3.84. The van der Waals surface area contributed by atoms with Crippen molar-refractivity contribution < 1.29 is 13.2 Å². The molecule has 0 spiro atoms. The maximum atomic E-state index is 12.1. The molecule has 1 saturated carbocycles. The van der Waals surface area contributed by atoms with Crippen LogP contribution in [0.25, 0.3) is 0 Å². The highest BCUT2D eigenvalue weighted by molar-refractivity contribution is 7.88. The van der Waals surface area contributed by atoms with Crippen molar-refractivity contribution in [1.82, 2.24) is 9.21 Å². The Balaban J connectivity index is 1.84. The molecule has 19 heavy (non-hydrogen) atoms. The number of hydrogen-bond donors (Lipinski definition) is 0. The molecule has 1 heterocycles. The highest BCUT2D eigenvalue weighted by Gasteiger charge is 2.35. The first-order valence-electron chi connectivity index (χ1n) is 7.23. The topological polar surface area (TPSA) is 57.7 Å². The van der Waals surface area contributed by atoms with Crippen molar-refractivity contribution in [3.8, 4) is 0 Å². The number of likely N-dealkylation sites (tertiary alicyclic amines) is 1. The van der Waals surface area contributed by atoms with Crippen LogP contribution in [0.15, 0.2) is 0 Å². The average molecular weight is 288 g/mol. The molecule has 5 nitrogen and oxygen atoms in total. The van der Waals surface area contributed by atoms with Crippen LogP contribution in [0.5, 0.6) is 0 Å². The van der Waals surface area contributed by atoms with Gasteiger partial charge in [0.25, 0.3) is 0 Å². The van der Waals surface area contributed by atoms with Gasteiger partial charge in [0.15, 0.2) is 0 Å². The van der Waals surface area contributed by atoms with Gasteiger partial charge in [-0.05, 0) is 25.7 Å². The van der Waals surface area contributed by atoms with Gasteiger partial charge in [-0.3, -0.25) is 4.79 Å². The second-order valence-corrected chi connectivity index (χ2v) is 7.58.